The number of aromatic nitrogens is 1. The number of anilines is 2. The number of hydrogen-bond acceptors (Lipinski definition) is 5. The van der Waals surface area contributed by atoms with Crippen LogP contribution in [0.1, 0.15) is 25.6 Å². The first-order chi connectivity index (χ1) is 14.0. The van der Waals surface area contributed by atoms with Crippen LogP contribution in [0, 0.1) is 5.82 Å². The molecule has 29 heavy (non-hydrogen) atoms. The zero-order valence-electron chi connectivity index (χ0n) is 15.4. The van der Waals surface area contributed by atoms with Gasteiger partial charge in [-0.15, -0.1) is 6.58 Å². The summed E-state index contributed by atoms with van der Waals surface area (Å²) in [5.41, 5.74) is 1.76. The van der Waals surface area contributed by atoms with Gasteiger partial charge in [0.05, 0.1) is 6.20 Å². The molecule has 1 heterocycles. The van der Waals surface area contributed by atoms with Crippen molar-refractivity contribution in [3.63, 3.8) is 0 Å². The van der Waals surface area contributed by atoms with E-state index in [1.165, 1.54) is 41.8 Å². The highest BCUT2D eigenvalue weighted by Gasteiger charge is 2.11. The van der Waals surface area contributed by atoms with E-state index in [1.807, 2.05) is 6.07 Å². The third kappa shape index (κ3) is 5.73. The molecular formula is C21H19FN4O2S. The van der Waals surface area contributed by atoms with Gasteiger partial charge >= 0.3 is 0 Å². The molecule has 0 atom stereocenters. The van der Waals surface area contributed by atoms with Crippen LogP contribution in [-0.4, -0.2) is 23.3 Å². The summed E-state index contributed by atoms with van der Waals surface area (Å²) in [6.45, 7) is 4.49. The van der Waals surface area contributed by atoms with Crippen LogP contribution in [0.25, 0.3) is 0 Å². The fourth-order valence-electron chi connectivity index (χ4n) is 2.45. The molecule has 3 rings (SSSR count). The lowest BCUT2D eigenvalue weighted by atomic mass is 10.1. The van der Waals surface area contributed by atoms with Crippen molar-refractivity contribution in [1.82, 2.24) is 10.3 Å². The smallest absolute Gasteiger partial charge is 0.263 e. The van der Waals surface area contributed by atoms with E-state index < -0.39 is 5.82 Å². The summed E-state index contributed by atoms with van der Waals surface area (Å²) >= 11 is 1.26. The van der Waals surface area contributed by atoms with Crippen molar-refractivity contribution in [3.05, 3.63) is 89.2 Å². The number of hydrogen-bond donors (Lipinski definition) is 3. The normalized spacial score (nSPS) is 10.2. The predicted octanol–water partition coefficient (Wildman–Crippen LogP) is 4.06. The zero-order valence-corrected chi connectivity index (χ0v) is 16.3. The van der Waals surface area contributed by atoms with E-state index in [9.17, 15) is 14.0 Å². The zero-order chi connectivity index (χ0) is 20.6. The lowest BCUT2D eigenvalue weighted by Gasteiger charge is -2.08. The summed E-state index contributed by atoms with van der Waals surface area (Å²) in [5.74, 6) is -0.964. The molecular weight excluding hydrogens is 391 g/mol. The first-order valence-corrected chi connectivity index (χ1v) is 9.61. The Kier molecular flexibility index (Phi) is 6.70. The van der Waals surface area contributed by atoms with Crippen LogP contribution in [0.3, 0.4) is 0 Å². The summed E-state index contributed by atoms with van der Waals surface area (Å²) in [6.07, 6.45) is 3.23. The maximum absolute atomic E-state index is 13.0. The minimum absolute atomic E-state index is 0.227. The van der Waals surface area contributed by atoms with Crippen molar-refractivity contribution >= 4 is 34.0 Å². The largest absolute Gasteiger partial charge is 0.358 e. The molecule has 0 saturated heterocycles. The van der Waals surface area contributed by atoms with E-state index in [1.54, 1.807) is 24.3 Å². The van der Waals surface area contributed by atoms with Gasteiger partial charge in [-0.05, 0) is 42.0 Å². The Balaban J connectivity index is 1.57. The maximum atomic E-state index is 13.0. The molecule has 0 unspecified atom stereocenters. The molecule has 0 bridgehead atoms. The molecule has 8 heteroatoms. The number of nitrogens with one attached hydrogen (secondary N) is 3. The van der Waals surface area contributed by atoms with E-state index in [0.29, 0.717) is 34.3 Å². The van der Waals surface area contributed by atoms with Crippen molar-refractivity contribution in [3.8, 4) is 0 Å². The molecule has 2 amide bonds. The van der Waals surface area contributed by atoms with Crippen LogP contribution in [0.4, 0.5) is 15.2 Å². The maximum Gasteiger partial charge on any atom is 0.263 e. The predicted molar refractivity (Wildman–Crippen MR) is 113 cm³/mol. The molecule has 1 aromatic heterocycles. The van der Waals surface area contributed by atoms with Gasteiger partial charge in [-0.1, -0.05) is 29.5 Å². The number of carbonyl (C=O) groups is 2. The average molecular weight is 410 g/mol. The van der Waals surface area contributed by atoms with Crippen molar-refractivity contribution in [2.75, 3.05) is 17.2 Å². The summed E-state index contributed by atoms with van der Waals surface area (Å²) in [4.78, 5) is 29.2. The van der Waals surface area contributed by atoms with Gasteiger partial charge in [0.25, 0.3) is 11.8 Å². The van der Waals surface area contributed by atoms with Gasteiger partial charge in [0.2, 0.25) is 0 Å². The third-order valence-electron chi connectivity index (χ3n) is 3.87. The second-order valence-corrected chi connectivity index (χ2v) is 7.07. The lowest BCUT2D eigenvalue weighted by molar-refractivity contribution is 0.0953. The average Bonchev–Trinajstić information content (AvgIpc) is 3.20. The molecule has 0 radical (unpaired) electrons. The molecule has 3 N–H and O–H groups in total. The van der Waals surface area contributed by atoms with Gasteiger partial charge < -0.3 is 16.0 Å². The van der Waals surface area contributed by atoms with Crippen LogP contribution >= 0.6 is 11.3 Å². The van der Waals surface area contributed by atoms with Gasteiger partial charge in [0, 0.05) is 24.3 Å². The summed E-state index contributed by atoms with van der Waals surface area (Å²) in [7, 11) is 0. The number of benzene rings is 2. The number of halogens is 1. The SMILES string of the molecule is C=CCNc1ncc(C(=O)NCc2cccc(NC(=O)c3ccc(F)cc3)c2)s1. The summed E-state index contributed by atoms with van der Waals surface area (Å²) in [6, 6.07) is 12.4. The Morgan fingerprint density at radius 3 is 2.69 bits per heavy atom. The van der Waals surface area contributed by atoms with Crippen molar-refractivity contribution < 1.29 is 14.0 Å². The number of thiazole rings is 1. The minimum atomic E-state index is -0.399. The Labute approximate surface area is 171 Å². The van der Waals surface area contributed by atoms with E-state index in [0.717, 1.165) is 5.56 Å². The fraction of sp³-hybridized carbons (Fsp3) is 0.0952. The highest BCUT2D eigenvalue weighted by molar-refractivity contribution is 7.17. The van der Waals surface area contributed by atoms with Gasteiger partial charge in [-0.25, -0.2) is 9.37 Å². The van der Waals surface area contributed by atoms with Crippen LogP contribution in [0.2, 0.25) is 0 Å². The molecule has 6 nitrogen and oxygen atoms in total. The first-order valence-electron chi connectivity index (χ1n) is 8.80. The highest BCUT2D eigenvalue weighted by Crippen LogP contribution is 2.18. The van der Waals surface area contributed by atoms with Gasteiger partial charge in [-0.3, -0.25) is 9.59 Å². The van der Waals surface area contributed by atoms with E-state index >= 15 is 0 Å². The van der Waals surface area contributed by atoms with Gasteiger partial charge in [0.1, 0.15) is 10.7 Å². The molecule has 0 aliphatic heterocycles. The molecule has 3 aromatic rings. The fourth-order valence-corrected chi connectivity index (χ4v) is 3.19. The monoisotopic (exact) mass is 410 g/mol. The van der Waals surface area contributed by atoms with E-state index in [-0.39, 0.29) is 11.8 Å². The molecule has 148 valence electrons. The minimum Gasteiger partial charge on any atom is -0.358 e. The Bertz CT molecular complexity index is 1020. The molecule has 0 saturated carbocycles. The molecule has 0 aliphatic carbocycles. The number of rotatable bonds is 8. The second-order valence-electron chi connectivity index (χ2n) is 6.04. The van der Waals surface area contributed by atoms with Crippen LogP contribution < -0.4 is 16.0 Å². The Morgan fingerprint density at radius 2 is 1.93 bits per heavy atom. The number of amides is 2. The van der Waals surface area contributed by atoms with Crippen molar-refractivity contribution in [2.45, 2.75) is 6.54 Å². The van der Waals surface area contributed by atoms with Gasteiger partial charge in [-0.2, -0.15) is 0 Å². The summed E-state index contributed by atoms with van der Waals surface area (Å²) < 4.78 is 13.0. The molecule has 0 spiro atoms. The van der Waals surface area contributed by atoms with Crippen LogP contribution in [-0.2, 0) is 6.54 Å². The first kappa shape index (κ1) is 20.2. The third-order valence-corrected chi connectivity index (χ3v) is 4.83. The molecule has 0 fully saturated rings. The standard InChI is InChI=1S/C21H19FN4O2S/c1-2-10-23-21-25-13-18(29-21)20(28)24-12-14-4-3-5-17(11-14)26-19(27)15-6-8-16(22)9-7-15/h2-9,11,13H,1,10,12H2,(H,23,25)(H,24,28)(H,26,27). The number of nitrogens with zero attached hydrogens (tertiary/aromatic N) is 1. The van der Waals surface area contributed by atoms with Gasteiger partial charge in [0.15, 0.2) is 5.13 Å². The Hall–Kier alpha value is -3.52. The second kappa shape index (κ2) is 9.61. The summed E-state index contributed by atoms with van der Waals surface area (Å²) in [5, 5.41) is 9.28. The highest BCUT2D eigenvalue weighted by atomic mass is 32.1. The topological polar surface area (TPSA) is 83.1 Å². The molecule has 0 aliphatic rings. The van der Waals surface area contributed by atoms with Crippen LogP contribution in [0.15, 0.2) is 67.4 Å². The van der Waals surface area contributed by atoms with E-state index in [4.69, 9.17) is 0 Å². The van der Waals surface area contributed by atoms with E-state index in [2.05, 4.69) is 27.5 Å². The van der Waals surface area contributed by atoms with Crippen LogP contribution in [0.5, 0.6) is 0 Å². The quantitative estimate of drug-likeness (QED) is 0.489. The Morgan fingerprint density at radius 1 is 1.14 bits per heavy atom. The lowest BCUT2D eigenvalue weighted by Crippen LogP contribution is -2.22. The molecule has 2 aromatic carbocycles. The number of carbonyl (C=O) groups excluding carboxylic acids is 2. The van der Waals surface area contributed by atoms with Crippen molar-refractivity contribution in [2.24, 2.45) is 0 Å². The van der Waals surface area contributed by atoms with Crippen molar-refractivity contribution in [1.29, 1.82) is 0 Å².